The van der Waals surface area contributed by atoms with E-state index in [0.717, 1.165) is 18.7 Å². The molecule has 78 valence electrons. The fraction of sp³-hybridized carbons (Fsp3) is 0.556. The number of hydrogen-bond acceptors (Lipinski definition) is 4. The van der Waals surface area contributed by atoms with Crippen molar-refractivity contribution >= 4 is 17.2 Å². The highest BCUT2D eigenvalue weighted by Gasteiger charge is 1.99. The van der Waals surface area contributed by atoms with Crippen LogP contribution in [0, 0.1) is 0 Å². The lowest BCUT2D eigenvalue weighted by atomic mass is 10.3. The first kappa shape index (κ1) is 11.1. The van der Waals surface area contributed by atoms with Crippen molar-refractivity contribution in [1.82, 2.24) is 15.6 Å². The zero-order valence-electron chi connectivity index (χ0n) is 8.25. The Morgan fingerprint density at radius 1 is 1.57 bits per heavy atom. The normalized spacial score (nSPS) is 10.1. The van der Waals surface area contributed by atoms with Gasteiger partial charge in [-0.05, 0) is 7.05 Å². The van der Waals surface area contributed by atoms with Crippen LogP contribution in [0.15, 0.2) is 10.9 Å². The summed E-state index contributed by atoms with van der Waals surface area (Å²) in [5.74, 6) is 0.0922. The first-order chi connectivity index (χ1) is 6.83. The van der Waals surface area contributed by atoms with Crippen LogP contribution in [0.3, 0.4) is 0 Å². The summed E-state index contributed by atoms with van der Waals surface area (Å²) in [5.41, 5.74) is 2.85. The molecule has 0 aliphatic rings. The van der Waals surface area contributed by atoms with Crippen LogP contribution in [0.25, 0.3) is 0 Å². The highest BCUT2D eigenvalue weighted by atomic mass is 32.1. The number of thiazole rings is 1. The number of nitrogens with one attached hydrogen (secondary N) is 2. The minimum atomic E-state index is 0.0922. The van der Waals surface area contributed by atoms with Gasteiger partial charge in [0, 0.05) is 31.3 Å². The molecule has 14 heavy (non-hydrogen) atoms. The molecule has 0 aromatic carbocycles. The van der Waals surface area contributed by atoms with E-state index < -0.39 is 0 Å². The molecule has 1 rings (SSSR count). The number of hydrogen-bond donors (Lipinski definition) is 2. The summed E-state index contributed by atoms with van der Waals surface area (Å²) in [4.78, 5) is 15.3. The monoisotopic (exact) mass is 213 g/mol. The lowest BCUT2D eigenvalue weighted by Crippen LogP contribution is -2.28. The average Bonchev–Trinajstić information content (AvgIpc) is 2.67. The van der Waals surface area contributed by atoms with Gasteiger partial charge in [0.2, 0.25) is 5.91 Å². The van der Waals surface area contributed by atoms with Crippen LogP contribution in [0.4, 0.5) is 0 Å². The second kappa shape index (κ2) is 6.50. The molecule has 0 aliphatic carbocycles. The number of aromatic nitrogens is 1. The molecule has 0 saturated heterocycles. The van der Waals surface area contributed by atoms with Gasteiger partial charge in [-0.2, -0.15) is 0 Å². The fourth-order valence-corrected chi connectivity index (χ4v) is 1.61. The Labute approximate surface area is 87.7 Å². The molecular formula is C9H15N3OS. The molecule has 0 atom stereocenters. The maximum Gasteiger partial charge on any atom is 0.221 e. The van der Waals surface area contributed by atoms with Crippen molar-refractivity contribution in [2.24, 2.45) is 0 Å². The second-order valence-corrected chi connectivity index (χ2v) is 3.65. The van der Waals surface area contributed by atoms with Gasteiger partial charge >= 0.3 is 0 Å². The van der Waals surface area contributed by atoms with Gasteiger partial charge in [-0.25, -0.2) is 4.98 Å². The van der Waals surface area contributed by atoms with Crippen molar-refractivity contribution < 1.29 is 4.79 Å². The predicted octanol–water partition coefficient (Wildman–Crippen LogP) is 0.411. The Kier molecular flexibility index (Phi) is 5.17. The third kappa shape index (κ3) is 4.34. The molecule has 1 heterocycles. The van der Waals surface area contributed by atoms with Crippen molar-refractivity contribution in [1.29, 1.82) is 0 Å². The molecule has 0 spiro atoms. The van der Waals surface area contributed by atoms with Gasteiger partial charge in [-0.3, -0.25) is 4.79 Å². The zero-order chi connectivity index (χ0) is 10.2. The van der Waals surface area contributed by atoms with Crippen LogP contribution >= 0.6 is 11.3 Å². The largest absolute Gasteiger partial charge is 0.356 e. The van der Waals surface area contributed by atoms with Gasteiger partial charge in [-0.15, -0.1) is 11.3 Å². The molecule has 0 aliphatic heterocycles. The average molecular weight is 213 g/mol. The number of rotatable bonds is 6. The van der Waals surface area contributed by atoms with E-state index in [9.17, 15) is 4.79 Å². The lowest BCUT2D eigenvalue weighted by Gasteiger charge is -2.02. The predicted molar refractivity (Wildman–Crippen MR) is 57.4 cm³/mol. The summed E-state index contributed by atoms with van der Waals surface area (Å²) in [7, 11) is 1.84. The summed E-state index contributed by atoms with van der Waals surface area (Å²) in [6.45, 7) is 1.40. The first-order valence-corrected chi connectivity index (χ1v) is 5.55. The van der Waals surface area contributed by atoms with Crippen LogP contribution in [0.5, 0.6) is 0 Å². The second-order valence-electron chi connectivity index (χ2n) is 2.93. The summed E-state index contributed by atoms with van der Waals surface area (Å²) >= 11 is 1.58. The SMILES string of the molecule is CNCCC(=O)NCCc1cscn1. The third-order valence-electron chi connectivity index (χ3n) is 1.79. The molecule has 1 amide bonds. The standard InChI is InChI=1S/C9H15N3OS/c1-10-4-3-9(13)11-5-2-8-6-14-7-12-8/h6-7,10H,2-5H2,1H3,(H,11,13). The van der Waals surface area contributed by atoms with E-state index in [1.165, 1.54) is 0 Å². The lowest BCUT2D eigenvalue weighted by molar-refractivity contribution is -0.120. The first-order valence-electron chi connectivity index (χ1n) is 4.61. The Morgan fingerprint density at radius 3 is 3.07 bits per heavy atom. The molecular weight excluding hydrogens is 198 g/mol. The van der Waals surface area contributed by atoms with E-state index in [-0.39, 0.29) is 5.91 Å². The van der Waals surface area contributed by atoms with E-state index in [1.807, 2.05) is 12.4 Å². The molecule has 2 N–H and O–H groups in total. The van der Waals surface area contributed by atoms with Crippen LogP contribution in [0.1, 0.15) is 12.1 Å². The quantitative estimate of drug-likeness (QED) is 0.719. The number of carbonyl (C=O) groups is 1. The van der Waals surface area contributed by atoms with Crippen molar-refractivity contribution in [2.75, 3.05) is 20.1 Å². The van der Waals surface area contributed by atoms with Crippen molar-refractivity contribution in [3.8, 4) is 0 Å². The highest BCUT2D eigenvalue weighted by molar-refractivity contribution is 7.07. The summed E-state index contributed by atoms with van der Waals surface area (Å²) in [5, 5.41) is 7.77. The van der Waals surface area contributed by atoms with E-state index in [0.29, 0.717) is 13.0 Å². The minimum absolute atomic E-state index is 0.0922. The fourth-order valence-electron chi connectivity index (χ4n) is 1.02. The molecule has 0 fully saturated rings. The van der Waals surface area contributed by atoms with Gasteiger partial charge < -0.3 is 10.6 Å². The van der Waals surface area contributed by atoms with Crippen LogP contribution in [-0.4, -0.2) is 31.0 Å². The number of nitrogens with zero attached hydrogens (tertiary/aromatic N) is 1. The summed E-state index contributed by atoms with van der Waals surface area (Å²) in [6, 6.07) is 0. The van der Waals surface area contributed by atoms with Crippen LogP contribution in [0.2, 0.25) is 0 Å². The van der Waals surface area contributed by atoms with E-state index in [2.05, 4.69) is 15.6 Å². The molecule has 0 radical (unpaired) electrons. The van der Waals surface area contributed by atoms with Crippen molar-refractivity contribution in [3.05, 3.63) is 16.6 Å². The smallest absolute Gasteiger partial charge is 0.221 e. The van der Waals surface area contributed by atoms with Crippen LogP contribution < -0.4 is 10.6 Å². The summed E-state index contributed by atoms with van der Waals surface area (Å²) in [6.07, 6.45) is 1.35. The van der Waals surface area contributed by atoms with Gasteiger partial charge in [0.15, 0.2) is 0 Å². The Bertz CT molecular complexity index is 261. The van der Waals surface area contributed by atoms with Crippen LogP contribution in [-0.2, 0) is 11.2 Å². The maximum atomic E-state index is 11.2. The summed E-state index contributed by atoms with van der Waals surface area (Å²) < 4.78 is 0. The Morgan fingerprint density at radius 2 is 2.43 bits per heavy atom. The topological polar surface area (TPSA) is 54.0 Å². The Balaban J connectivity index is 2.06. The molecule has 1 aromatic heterocycles. The zero-order valence-corrected chi connectivity index (χ0v) is 9.06. The van der Waals surface area contributed by atoms with E-state index >= 15 is 0 Å². The Hall–Kier alpha value is -0.940. The van der Waals surface area contributed by atoms with Gasteiger partial charge in [-0.1, -0.05) is 0 Å². The molecule has 0 bridgehead atoms. The van der Waals surface area contributed by atoms with Gasteiger partial charge in [0.05, 0.1) is 11.2 Å². The molecule has 4 nitrogen and oxygen atoms in total. The van der Waals surface area contributed by atoms with E-state index in [4.69, 9.17) is 0 Å². The highest BCUT2D eigenvalue weighted by Crippen LogP contribution is 2.00. The molecule has 0 unspecified atom stereocenters. The van der Waals surface area contributed by atoms with Crippen molar-refractivity contribution in [3.63, 3.8) is 0 Å². The maximum absolute atomic E-state index is 11.2. The number of amides is 1. The van der Waals surface area contributed by atoms with Gasteiger partial charge in [0.1, 0.15) is 0 Å². The third-order valence-corrected chi connectivity index (χ3v) is 2.42. The van der Waals surface area contributed by atoms with Gasteiger partial charge in [0.25, 0.3) is 0 Å². The molecule has 1 aromatic rings. The minimum Gasteiger partial charge on any atom is -0.356 e. The molecule has 5 heteroatoms. The molecule has 0 saturated carbocycles. The van der Waals surface area contributed by atoms with E-state index in [1.54, 1.807) is 16.8 Å². The van der Waals surface area contributed by atoms with Crippen molar-refractivity contribution in [2.45, 2.75) is 12.8 Å². The number of carbonyl (C=O) groups excluding carboxylic acids is 1.